The first kappa shape index (κ1) is 21.6. The Morgan fingerprint density at radius 3 is 2.47 bits per heavy atom. The van der Waals surface area contributed by atoms with Crippen molar-refractivity contribution in [3.8, 4) is 0 Å². The van der Waals surface area contributed by atoms with Gasteiger partial charge in [-0.2, -0.15) is 5.10 Å². The normalized spacial score (nSPS) is 12.2. The molecule has 0 aliphatic rings. The molecule has 34 heavy (non-hydrogen) atoms. The van der Waals surface area contributed by atoms with Crippen LogP contribution < -0.4 is 10.9 Å². The summed E-state index contributed by atoms with van der Waals surface area (Å²) in [6, 6.07) is 23.5. The van der Waals surface area contributed by atoms with E-state index in [1.54, 1.807) is 29.0 Å². The van der Waals surface area contributed by atoms with Gasteiger partial charge in [0.05, 0.1) is 18.8 Å². The van der Waals surface area contributed by atoms with Gasteiger partial charge in [-0.05, 0) is 24.6 Å². The standard InChI is InChI=1S/C27H23FN4O2/c1-18(19-9-3-2-4-10-19)30-25(33)17-32-27(34)26-22(15-29-32)21-12-6-8-14-24(21)31(26)16-20-11-5-7-13-23(20)28/h2-15,18H,16-17H2,1H3,(H,30,33). The summed E-state index contributed by atoms with van der Waals surface area (Å²) < 4.78 is 17.4. The molecule has 7 heteroatoms. The van der Waals surface area contributed by atoms with Crippen molar-refractivity contribution in [1.29, 1.82) is 0 Å². The first-order chi connectivity index (χ1) is 16.5. The third-order valence-electron chi connectivity index (χ3n) is 6.03. The molecule has 5 aromatic rings. The lowest BCUT2D eigenvalue weighted by atomic mass is 10.1. The second kappa shape index (κ2) is 8.94. The van der Waals surface area contributed by atoms with E-state index in [9.17, 15) is 14.0 Å². The van der Waals surface area contributed by atoms with Gasteiger partial charge in [-0.1, -0.05) is 66.7 Å². The van der Waals surface area contributed by atoms with Crippen LogP contribution in [0.3, 0.4) is 0 Å². The van der Waals surface area contributed by atoms with E-state index in [1.165, 1.54) is 6.07 Å². The molecule has 0 saturated heterocycles. The molecule has 0 bridgehead atoms. The highest BCUT2D eigenvalue weighted by molar-refractivity contribution is 6.07. The number of benzene rings is 3. The molecule has 1 atom stereocenters. The van der Waals surface area contributed by atoms with E-state index < -0.39 is 5.56 Å². The number of amides is 1. The number of para-hydroxylation sites is 1. The molecule has 1 amide bonds. The smallest absolute Gasteiger partial charge is 0.291 e. The second-order valence-corrected chi connectivity index (χ2v) is 8.26. The molecule has 0 spiro atoms. The highest BCUT2D eigenvalue weighted by atomic mass is 19.1. The van der Waals surface area contributed by atoms with Crippen LogP contribution in [0.15, 0.2) is 89.9 Å². The number of nitrogens with zero attached hydrogens (tertiary/aromatic N) is 3. The molecule has 2 heterocycles. The summed E-state index contributed by atoms with van der Waals surface area (Å²) in [5.41, 5.74) is 2.24. The van der Waals surface area contributed by atoms with Gasteiger partial charge in [0.25, 0.3) is 5.56 Å². The summed E-state index contributed by atoms with van der Waals surface area (Å²) in [5, 5.41) is 8.71. The molecule has 3 aromatic carbocycles. The van der Waals surface area contributed by atoms with Crippen molar-refractivity contribution in [3.63, 3.8) is 0 Å². The van der Waals surface area contributed by atoms with Gasteiger partial charge in [0, 0.05) is 21.9 Å². The number of halogens is 1. The maximum atomic E-state index is 14.4. The van der Waals surface area contributed by atoms with Crippen LogP contribution in [0.2, 0.25) is 0 Å². The largest absolute Gasteiger partial charge is 0.348 e. The summed E-state index contributed by atoms with van der Waals surface area (Å²) in [6.07, 6.45) is 1.60. The lowest BCUT2D eigenvalue weighted by Crippen LogP contribution is -2.35. The van der Waals surface area contributed by atoms with Crippen LogP contribution in [0, 0.1) is 5.82 Å². The number of rotatable bonds is 6. The molecule has 0 aliphatic heterocycles. The van der Waals surface area contributed by atoms with Crippen LogP contribution >= 0.6 is 0 Å². The second-order valence-electron chi connectivity index (χ2n) is 8.26. The molecule has 0 fully saturated rings. The molecule has 2 aromatic heterocycles. The summed E-state index contributed by atoms with van der Waals surface area (Å²) in [6.45, 7) is 1.86. The first-order valence-corrected chi connectivity index (χ1v) is 11.1. The molecular weight excluding hydrogens is 431 g/mol. The molecule has 5 rings (SSSR count). The Morgan fingerprint density at radius 1 is 0.971 bits per heavy atom. The Morgan fingerprint density at radius 2 is 1.68 bits per heavy atom. The molecular formula is C27H23FN4O2. The van der Waals surface area contributed by atoms with Crippen molar-refractivity contribution >= 4 is 27.7 Å². The van der Waals surface area contributed by atoms with Crippen LogP contribution in [0.4, 0.5) is 4.39 Å². The number of carbonyl (C=O) groups is 1. The van der Waals surface area contributed by atoms with Crippen LogP contribution in [-0.4, -0.2) is 20.3 Å². The maximum Gasteiger partial charge on any atom is 0.291 e. The van der Waals surface area contributed by atoms with Crippen molar-refractivity contribution < 1.29 is 9.18 Å². The van der Waals surface area contributed by atoms with E-state index in [4.69, 9.17) is 0 Å². The monoisotopic (exact) mass is 454 g/mol. The highest BCUT2D eigenvalue weighted by Crippen LogP contribution is 2.27. The Hall–Kier alpha value is -4.26. The Balaban J connectivity index is 1.53. The van der Waals surface area contributed by atoms with Gasteiger partial charge in [-0.15, -0.1) is 0 Å². The van der Waals surface area contributed by atoms with Crippen molar-refractivity contribution in [2.24, 2.45) is 0 Å². The minimum absolute atomic E-state index is 0.188. The molecule has 170 valence electrons. The lowest BCUT2D eigenvalue weighted by molar-refractivity contribution is -0.122. The number of aromatic nitrogens is 3. The first-order valence-electron chi connectivity index (χ1n) is 11.1. The van der Waals surface area contributed by atoms with E-state index in [-0.39, 0.29) is 30.9 Å². The van der Waals surface area contributed by atoms with Gasteiger partial charge < -0.3 is 9.88 Å². The third-order valence-corrected chi connectivity index (χ3v) is 6.03. The van der Waals surface area contributed by atoms with E-state index in [0.29, 0.717) is 16.5 Å². The number of carbonyl (C=O) groups excluding carboxylic acids is 1. The number of hydrogen-bond donors (Lipinski definition) is 1. The average molecular weight is 455 g/mol. The zero-order chi connectivity index (χ0) is 23.7. The average Bonchev–Trinajstić information content (AvgIpc) is 3.17. The number of fused-ring (bicyclic) bond motifs is 3. The van der Waals surface area contributed by atoms with Crippen molar-refractivity contribution in [1.82, 2.24) is 19.7 Å². The fraction of sp³-hybridized carbons (Fsp3) is 0.148. The van der Waals surface area contributed by atoms with Gasteiger partial charge in [-0.3, -0.25) is 9.59 Å². The maximum absolute atomic E-state index is 14.4. The van der Waals surface area contributed by atoms with Crippen LogP contribution in [0.25, 0.3) is 21.8 Å². The fourth-order valence-corrected chi connectivity index (χ4v) is 4.32. The van der Waals surface area contributed by atoms with Crippen molar-refractivity contribution in [3.05, 3.63) is 112 Å². The van der Waals surface area contributed by atoms with E-state index in [2.05, 4.69) is 10.4 Å². The van der Waals surface area contributed by atoms with Gasteiger partial charge in [0.2, 0.25) is 5.91 Å². The molecule has 1 N–H and O–H groups in total. The minimum atomic E-state index is -0.396. The lowest BCUT2D eigenvalue weighted by Gasteiger charge is -2.14. The molecule has 6 nitrogen and oxygen atoms in total. The Bertz CT molecular complexity index is 1560. The Kier molecular flexibility index (Phi) is 5.67. The van der Waals surface area contributed by atoms with Gasteiger partial charge >= 0.3 is 0 Å². The van der Waals surface area contributed by atoms with E-state index >= 15 is 0 Å². The van der Waals surface area contributed by atoms with Crippen LogP contribution in [0.5, 0.6) is 0 Å². The zero-order valence-corrected chi connectivity index (χ0v) is 18.6. The van der Waals surface area contributed by atoms with Crippen molar-refractivity contribution in [2.45, 2.75) is 26.1 Å². The predicted molar refractivity (Wildman–Crippen MR) is 130 cm³/mol. The van der Waals surface area contributed by atoms with Gasteiger partial charge in [0.15, 0.2) is 0 Å². The third kappa shape index (κ3) is 3.96. The van der Waals surface area contributed by atoms with Crippen molar-refractivity contribution in [2.75, 3.05) is 0 Å². The predicted octanol–water partition coefficient (Wildman–Crippen LogP) is 4.42. The molecule has 0 aliphatic carbocycles. The quantitative estimate of drug-likeness (QED) is 0.413. The molecule has 0 saturated carbocycles. The van der Waals surface area contributed by atoms with E-state index in [1.807, 2.05) is 61.5 Å². The number of nitrogens with one attached hydrogen (secondary N) is 1. The summed E-state index contributed by atoms with van der Waals surface area (Å²) in [7, 11) is 0. The molecule has 0 radical (unpaired) electrons. The Labute approximate surface area is 195 Å². The molecule has 1 unspecified atom stereocenters. The van der Waals surface area contributed by atoms with Gasteiger partial charge in [-0.25, -0.2) is 9.07 Å². The highest BCUT2D eigenvalue weighted by Gasteiger charge is 2.18. The van der Waals surface area contributed by atoms with E-state index in [0.717, 1.165) is 21.1 Å². The van der Waals surface area contributed by atoms with Gasteiger partial charge in [0.1, 0.15) is 17.9 Å². The topological polar surface area (TPSA) is 68.9 Å². The SMILES string of the molecule is CC(NC(=O)Cn1ncc2c3ccccc3n(Cc3ccccc3F)c2c1=O)c1ccccc1. The summed E-state index contributed by atoms with van der Waals surface area (Å²) >= 11 is 0. The summed E-state index contributed by atoms with van der Waals surface area (Å²) in [4.78, 5) is 26.2. The summed E-state index contributed by atoms with van der Waals surface area (Å²) in [5.74, 6) is -0.654. The van der Waals surface area contributed by atoms with Crippen LogP contribution in [0.1, 0.15) is 24.1 Å². The fourth-order valence-electron chi connectivity index (χ4n) is 4.32. The number of hydrogen-bond acceptors (Lipinski definition) is 3. The zero-order valence-electron chi connectivity index (χ0n) is 18.6. The minimum Gasteiger partial charge on any atom is -0.348 e. The van der Waals surface area contributed by atoms with Crippen LogP contribution in [-0.2, 0) is 17.9 Å².